The van der Waals surface area contributed by atoms with Gasteiger partial charge < -0.3 is 16.8 Å². The third kappa shape index (κ3) is 2.62. The van der Waals surface area contributed by atoms with Crippen molar-refractivity contribution in [3.63, 3.8) is 0 Å². The van der Waals surface area contributed by atoms with E-state index in [1.165, 1.54) is 22.3 Å². The second-order valence-corrected chi connectivity index (χ2v) is 7.13. The van der Waals surface area contributed by atoms with Gasteiger partial charge in [-0.15, -0.1) is 0 Å². The molecule has 0 saturated carbocycles. The van der Waals surface area contributed by atoms with Gasteiger partial charge in [0.1, 0.15) is 5.82 Å². The molecule has 0 radical (unpaired) electrons. The number of rotatable bonds is 3. The molecule has 5 rings (SSSR count). The molecule has 0 spiro atoms. The van der Waals surface area contributed by atoms with Crippen LogP contribution in [0.5, 0.6) is 0 Å². The Hall–Kier alpha value is -3.67. The Balaban J connectivity index is 1.42. The van der Waals surface area contributed by atoms with Gasteiger partial charge in [0.25, 0.3) is 0 Å². The number of aromatic nitrogens is 3. The molecular formula is C22H20N6. The Bertz CT molecular complexity index is 1230. The zero-order chi connectivity index (χ0) is 19.3. The first-order chi connectivity index (χ1) is 13.6. The van der Waals surface area contributed by atoms with Gasteiger partial charge in [-0.05, 0) is 58.9 Å². The first kappa shape index (κ1) is 16.5. The lowest BCUT2D eigenvalue weighted by molar-refractivity contribution is 1.09. The predicted octanol–water partition coefficient (Wildman–Crippen LogP) is 3.68. The topological polar surface area (TPSA) is 103 Å². The number of nitrogens with zero attached hydrogens (tertiary/aromatic N) is 3. The van der Waals surface area contributed by atoms with Crippen molar-refractivity contribution >= 4 is 28.5 Å². The van der Waals surface area contributed by atoms with Crippen LogP contribution in [0.3, 0.4) is 0 Å². The molecule has 0 unspecified atom stereocenters. The third-order valence-electron chi connectivity index (χ3n) is 5.41. The normalized spacial score (nSPS) is 12.0. The van der Waals surface area contributed by atoms with Crippen LogP contribution in [0, 0.1) is 6.92 Å². The minimum atomic E-state index is 0.141. The molecule has 0 fully saturated rings. The number of nitrogens with two attached hydrogens (primary N) is 2. The quantitative estimate of drug-likeness (QED) is 0.449. The van der Waals surface area contributed by atoms with Gasteiger partial charge in [-0.2, -0.15) is 9.97 Å². The predicted molar refractivity (Wildman–Crippen MR) is 113 cm³/mol. The van der Waals surface area contributed by atoms with Crippen LogP contribution in [0.15, 0.2) is 48.7 Å². The van der Waals surface area contributed by atoms with Crippen LogP contribution in [0.1, 0.15) is 22.3 Å². The highest BCUT2D eigenvalue weighted by Crippen LogP contribution is 2.37. The molecule has 1 aliphatic rings. The van der Waals surface area contributed by atoms with Gasteiger partial charge in [-0.3, -0.25) is 0 Å². The van der Waals surface area contributed by atoms with E-state index in [0.717, 1.165) is 28.6 Å². The smallest absolute Gasteiger partial charge is 0.224 e. The molecule has 0 atom stereocenters. The number of hydrogen-bond acceptors (Lipinski definition) is 6. The molecule has 138 valence electrons. The number of fused-ring (bicyclic) bond motifs is 4. The molecular weight excluding hydrogens is 348 g/mol. The molecule has 6 heteroatoms. The minimum absolute atomic E-state index is 0.141. The second kappa shape index (κ2) is 6.20. The number of aryl methyl sites for hydroxylation is 1. The summed E-state index contributed by atoms with van der Waals surface area (Å²) >= 11 is 0. The molecule has 6 nitrogen and oxygen atoms in total. The molecule has 2 heterocycles. The molecule has 5 N–H and O–H groups in total. The van der Waals surface area contributed by atoms with E-state index in [1.54, 1.807) is 0 Å². The number of hydrogen-bond donors (Lipinski definition) is 3. The van der Waals surface area contributed by atoms with Crippen molar-refractivity contribution in [3.8, 4) is 11.1 Å². The molecule has 1 aliphatic carbocycles. The van der Waals surface area contributed by atoms with E-state index in [2.05, 4.69) is 62.7 Å². The van der Waals surface area contributed by atoms with Crippen molar-refractivity contribution in [2.75, 3.05) is 16.8 Å². The highest BCUT2D eigenvalue weighted by atomic mass is 15.1. The number of benzene rings is 2. The first-order valence-electron chi connectivity index (χ1n) is 9.22. The van der Waals surface area contributed by atoms with Crippen molar-refractivity contribution in [1.29, 1.82) is 0 Å². The molecule has 0 bridgehead atoms. The maximum Gasteiger partial charge on any atom is 0.224 e. The van der Waals surface area contributed by atoms with Crippen molar-refractivity contribution in [3.05, 3.63) is 70.9 Å². The Labute approximate surface area is 162 Å². The van der Waals surface area contributed by atoms with Crippen LogP contribution < -0.4 is 16.8 Å². The molecule has 2 aromatic carbocycles. The molecule has 0 aliphatic heterocycles. The van der Waals surface area contributed by atoms with Gasteiger partial charge >= 0.3 is 0 Å². The summed E-state index contributed by atoms with van der Waals surface area (Å²) in [4.78, 5) is 12.6. The van der Waals surface area contributed by atoms with Crippen molar-refractivity contribution in [1.82, 2.24) is 15.0 Å². The van der Waals surface area contributed by atoms with E-state index in [9.17, 15) is 0 Å². The highest BCUT2D eigenvalue weighted by Gasteiger charge is 2.18. The fourth-order valence-corrected chi connectivity index (χ4v) is 3.96. The maximum absolute atomic E-state index is 6.05. The van der Waals surface area contributed by atoms with Gasteiger partial charge in [0, 0.05) is 18.4 Å². The van der Waals surface area contributed by atoms with E-state index in [1.807, 2.05) is 13.1 Å². The lowest BCUT2D eigenvalue weighted by Gasteiger charge is -2.13. The Morgan fingerprint density at radius 1 is 1.00 bits per heavy atom. The minimum Gasteiger partial charge on any atom is -0.383 e. The number of nitrogens with one attached hydrogen (secondary N) is 1. The van der Waals surface area contributed by atoms with Gasteiger partial charge in [0.05, 0.1) is 5.39 Å². The van der Waals surface area contributed by atoms with Crippen LogP contribution in [-0.2, 0) is 13.0 Å². The third-order valence-corrected chi connectivity index (χ3v) is 5.41. The lowest BCUT2D eigenvalue weighted by Crippen LogP contribution is -2.07. The zero-order valence-electron chi connectivity index (χ0n) is 15.5. The Morgan fingerprint density at radius 2 is 1.82 bits per heavy atom. The molecule has 0 saturated heterocycles. The number of anilines is 3. The van der Waals surface area contributed by atoms with Crippen molar-refractivity contribution in [2.24, 2.45) is 0 Å². The number of pyridine rings is 1. The van der Waals surface area contributed by atoms with E-state index in [0.29, 0.717) is 18.0 Å². The zero-order valence-corrected chi connectivity index (χ0v) is 15.5. The fourth-order valence-electron chi connectivity index (χ4n) is 3.96. The summed E-state index contributed by atoms with van der Waals surface area (Å²) < 4.78 is 0. The molecule has 4 aromatic rings. The molecule has 28 heavy (non-hydrogen) atoms. The SMILES string of the molecule is Cc1c(CNc2ccc3c(c2)Cc2ccccc2-3)cnc2nc(N)nc(N)c12. The first-order valence-corrected chi connectivity index (χ1v) is 9.22. The molecule has 0 amide bonds. The van der Waals surface area contributed by atoms with Crippen molar-refractivity contribution in [2.45, 2.75) is 19.9 Å². The van der Waals surface area contributed by atoms with E-state index >= 15 is 0 Å². The largest absolute Gasteiger partial charge is 0.383 e. The standard InChI is InChI=1S/C22H20N6/c1-12-15(11-26-21-19(12)20(23)27-22(24)28-21)10-25-16-6-7-18-14(9-16)8-13-4-2-3-5-17(13)18/h2-7,9,11,25H,8,10H2,1H3,(H4,23,24,26,27,28). The van der Waals surface area contributed by atoms with E-state index in [4.69, 9.17) is 11.5 Å². The summed E-state index contributed by atoms with van der Waals surface area (Å²) in [6, 6.07) is 15.1. The Kier molecular flexibility index (Phi) is 3.65. The average molecular weight is 368 g/mol. The van der Waals surface area contributed by atoms with Crippen LogP contribution >= 0.6 is 0 Å². The van der Waals surface area contributed by atoms with E-state index in [-0.39, 0.29) is 5.95 Å². The van der Waals surface area contributed by atoms with Gasteiger partial charge in [-0.1, -0.05) is 30.3 Å². The van der Waals surface area contributed by atoms with E-state index < -0.39 is 0 Å². The van der Waals surface area contributed by atoms with Gasteiger partial charge in [0.15, 0.2) is 5.65 Å². The lowest BCUT2D eigenvalue weighted by atomic mass is 10.1. The summed E-state index contributed by atoms with van der Waals surface area (Å²) in [7, 11) is 0. The van der Waals surface area contributed by atoms with Gasteiger partial charge in [-0.25, -0.2) is 4.98 Å². The van der Waals surface area contributed by atoms with Crippen molar-refractivity contribution < 1.29 is 0 Å². The summed E-state index contributed by atoms with van der Waals surface area (Å²) in [5.41, 5.74) is 20.8. The second-order valence-electron chi connectivity index (χ2n) is 7.13. The van der Waals surface area contributed by atoms with Crippen LogP contribution in [0.25, 0.3) is 22.2 Å². The van der Waals surface area contributed by atoms with Gasteiger partial charge in [0.2, 0.25) is 5.95 Å². The summed E-state index contributed by atoms with van der Waals surface area (Å²) in [6.45, 7) is 2.65. The van der Waals surface area contributed by atoms with Crippen LogP contribution in [0.2, 0.25) is 0 Å². The monoisotopic (exact) mass is 368 g/mol. The number of nitrogen functional groups attached to an aromatic ring is 2. The summed E-state index contributed by atoms with van der Waals surface area (Å²) in [6.07, 6.45) is 2.80. The summed E-state index contributed by atoms with van der Waals surface area (Å²) in [5, 5.41) is 4.27. The highest BCUT2D eigenvalue weighted by molar-refractivity contribution is 5.90. The summed E-state index contributed by atoms with van der Waals surface area (Å²) in [5.74, 6) is 0.506. The average Bonchev–Trinajstić information content (AvgIpc) is 3.04. The maximum atomic E-state index is 6.05. The van der Waals surface area contributed by atoms with Crippen LogP contribution in [-0.4, -0.2) is 15.0 Å². The molecule has 2 aromatic heterocycles. The Morgan fingerprint density at radius 3 is 2.71 bits per heavy atom. The fraction of sp³-hybridized carbons (Fsp3) is 0.136. The van der Waals surface area contributed by atoms with Crippen LogP contribution in [0.4, 0.5) is 17.5 Å².